The van der Waals surface area contributed by atoms with E-state index in [-0.39, 0.29) is 0 Å². The largest absolute Gasteiger partial charge is 0.0888 e. The average Bonchev–Trinajstić information content (AvgIpc) is 2.35. The van der Waals surface area contributed by atoms with Crippen LogP contribution in [0.5, 0.6) is 0 Å². The van der Waals surface area contributed by atoms with Crippen LogP contribution in [-0.2, 0) is 0 Å². The van der Waals surface area contributed by atoms with Gasteiger partial charge in [0.1, 0.15) is 0 Å². The zero-order chi connectivity index (χ0) is 12.6. The fourth-order valence-corrected chi connectivity index (χ4v) is 1.98. The molecule has 0 unspecified atom stereocenters. The molecule has 0 rings (SSSR count). The molecule has 0 aromatic heterocycles. The van der Waals surface area contributed by atoms with E-state index in [4.69, 9.17) is 0 Å². The number of rotatable bonds is 12. The number of allylic oxidation sites excluding steroid dienone is 4. The molecule has 17 heavy (non-hydrogen) atoms. The number of hydrogen-bond acceptors (Lipinski definition) is 0. The molecule has 0 aliphatic carbocycles. The summed E-state index contributed by atoms with van der Waals surface area (Å²) in [5.41, 5.74) is 0. The van der Waals surface area contributed by atoms with Gasteiger partial charge in [-0.3, -0.25) is 0 Å². The summed E-state index contributed by atoms with van der Waals surface area (Å²) in [5, 5.41) is 0. The second kappa shape index (κ2) is 15.5. The molecular formula is C17H32. The maximum atomic E-state index is 2.33. The molecule has 0 aromatic carbocycles. The maximum absolute atomic E-state index is 2.33. The van der Waals surface area contributed by atoms with Gasteiger partial charge in [-0.15, -0.1) is 0 Å². The molecule has 0 spiro atoms. The summed E-state index contributed by atoms with van der Waals surface area (Å²) in [5.74, 6) is 0. The van der Waals surface area contributed by atoms with Gasteiger partial charge in [-0.2, -0.15) is 0 Å². The van der Waals surface area contributed by atoms with Crippen LogP contribution >= 0.6 is 0 Å². The first kappa shape index (κ1) is 16.5. The van der Waals surface area contributed by atoms with Crippen LogP contribution in [0.25, 0.3) is 0 Å². The van der Waals surface area contributed by atoms with Gasteiger partial charge in [-0.25, -0.2) is 0 Å². The molecule has 0 atom stereocenters. The molecule has 0 amide bonds. The zero-order valence-corrected chi connectivity index (χ0v) is 12.1. The fraction of sp³-hybridized carbons (Fsp3) is 0.765. The van der Waals surface area contributed by atoms with Crippen LogP contribution in [-0.4, -0.2) is 0 Å². The van der Waals surface area contributed by atoms with Gasteiger partial charge in [-0.05, 0) is 38.5 Å². The summed E-state index contributed by atoms with van der Waals surface area (Å²) in [6.45, 7) is 4.40. The van der Waals surface area contributed by atoms with Crippen LogP contribution in [0, 0.1) is 0 Å². The van der Waals surface area contributed by atoms with E-state index in [0.29, 0.717) is 0 Å². The van der Waals surface area contributed by atoms with Crippen molar-refractivity contribution >= 4 is 0 Å². The third-order valence-electron chi connectivity index (χ3n) is 3.05. The first-order valence-corrected chi connectivity index (χ1v) is 7.71. The van der Waals surface area contributed by atoms with Gasteiger partial charge in [0.2, 0.25) is 0 Å². The highest BCUT2D eigenvalue weighted by atomic mass is 14.0. The van der Waals surface area contributed by atoms with E-state index in [1.54, 1.807) is 0 Å². The Hall–Kier alpha value is -0.520. The Morgan fingerprint density at radius 3 is 1.18 bits per heavy atom. The molecule has 0 radical (unpaired) electrons. The number of hydrogen-bond donors (Lipinski definition) is 0. The van der Waals surface area contributed by atoms with Gasteiger partial charge in [0, 0.05) is 0 Å². The van der Waals surface area contributed by atoms with E-state index >= 15 is 0 Å². The third-order valence-corrected chi connectivity index (χ3v) is 3.05. The lowest BCUT2D eigenvalue weighted by molar-refractivity contribution is 0.583. The summed E-state index contributed by atoms with van der Waals surface area (Å²) >= 11 is 0. The molecule has 0 heterocycles. The van der Waals surface area contributed by atoms with Crippen LogP contribution in [0.4, 0.5) is 0 Å². The Morgan fingerprint density at radius 2 is 0.824 bits per heavy atom. The Kier molecular flexibility index (Phi) is 15.0. The van der Waals surface area contributed by atoms with Gasteiger partial charge < -0.3 is 0 Å². The van der Waals surface area contributed by atoms with E-state index in [1.807, 2.05) is 0 Å². The van der Waals surface area contributed by atoms with Crippen molar-refractivity contribution in [2.24, 2.45) is 0 Å². The van der Waals surface area contributed by atoms with Crippen LogP contribution in [0.1, 0.15) is 84.5 Å². The summed E-state index contributed by atoms with van der Waals surface area (Å²) in [4.78, 5) is 0. The highest BCUT2D eigenvalue weighted by molar-refractivity contribution is 4.80. The minimum atomic E-state index is 1.19. The molecule has 100 valence electrons. The van der Waals surface area contributed by atoms with Crippen LogP contribution < -0.4 is 0 Å². The standard InChI is InChI=1S/C17H32/c1-3-5-7-9-11-13-15-17-16-14-12-10-8-6-4-2/h5-8H,3-4,9-17H2,1-2H3/b7-5+,8-6+. The highest BCUT2D eigenvalue weighted by Crippen LogP contribution is 2.10. The molecule has 0 N–H and O–H groups in total. The minimum absolute atomic E-state index is 1.19. The molecule has 0 fully saturated rings. The molecule has 0 aromatic rings. The van der Waals surface area contributed by atoms with Gasteiger partial charge in [0.05, 0.1) is 0 Å². The molecular weight excluding hydrogens is 204 g/mol. The molecule has 0 nitrogen and oxygen atoms in total. The van der Waals surface area contributed by atoms with Crippen molar-refractivity contribution < 1.29 is 0 Å². The Morgan fingerprint density at radius 1 is 0.471 bits per heavy atom. The van der Waals surface area contributed by atoms with Gasteiger partial charge in [0.25, 0.3) is 0 Å². The second-order valence-electron chi connectivity index (χ2n) is 4.81. The van der Waals surface area contributed by atoms with Crippen molar-refractivity contribution in [2.75, 3.05) is 0 Å². The lowest BCUT2D eigenvalue weighted by Gasteiger charge is -2.00. The summed E-state index contributed by atoms with van der Waals surface area (Å²) < 4.78 is 0. The van der Waals surface area contributed by atoms with Gasteiger partial charge in [0.15, 0.2) is 0 Å². The van der Waals surface area contributed by atoms with E-state index in [0.717, 1.165) is 0 Å². The highest BCUT2D eigenvalue weighted by Gasteiger charge is 1.90. The van der Waals surface area contributed by atoms with Gasteiger partial charge >= 0.3 is 0 Å². The fourth-order valence-electron chi connectivity index (χ4n) is 1.98. The number of unbranched alkanes of at least 4 members (excludes halogenated alkanes) is 8. The molecule has 0 saturated carbocycles. The predicted octanol–water partition coefficient (Wildman–Crippen LogP) is 6.43. The summed E-state index contributed by atoms with van der Waals surface area (Å²) in [6, 6.07) is 0. The topological polar surface area (TPSA) is 0 Å². The van der Waals surface area contributed by atoms with Crippen molar-refractivity contribution in [1.82, 2.24) is 0 Å². The van der Waals surface area contributed by atoms with Crippen molar-refractivity contribution in [2.45, 2.75) is 84.5 Å². The maximum Gasteiger partial charge on any atom is -0.0351 e. The van der Waals surface area contributed by atoms with Gasteiger partial charge in [-0.1, -0.05) is 70.3 Å². The molecule has 0 aliphatic heterocycles. The summed E-state index contributed by atoms with van der Waals surface area (Å²) in [7, 11) is 0. The SMILES string of the molecule is CC/C=C/CCCCCCCCC/C=C/CC. The van der Waals surface area contributed by atoms with E-state index in [2.05, 4.69) is 38.2 Å². The Bertz CT molecular complexity index is 156. The lowest BCUT2D eigenvalue weighted by Crippen LogP contribution is -1.80. The second-order valence-corrected chi connectivity index (χ2v) is 4.81. The monoisotopic (exact) mass is 236 g/mol. The van der Waals surface area contributed by atoms with Crippen molar-refractivity contribution in [1.29, 1.82) is 0 Å². The average molecular weight is 236 g/mol. The Balaban J connectivity index is 2.98. The molecule has 0 aliphatic rings. The van der Waals surface area contributed by atoms with E-state index in [9.17, 15) is 0 Å². The van der Waals surface area contributed by atoms with Crippen molar-refractivity contribution in [3.63, 3.8) is 0 Å². The molecule has 0 bridgehead atoms. The van der Waals surface area contributed by atoms with Crippen LogP contribution in [0.15, 0.2) is 24.3 Å². The van der Waals surface area contributed by atoms with E-state index in [1.165, 1.54) is 70.6 Å². The van der Waals surface area contributed by atoms with E-state index < -0.39 is 0 Å². The Labute approximate surface area is 109 Å². The zero-order valence-electron chi connectivity index (χ0n) is 12.1. The van der Waals surface area contributed by atoms with Crippen LogP contribution in [0.3, 0.4) is 0 Å². The first-order chi connectivity index (χ1) is 8.41. The molecule has 0 heteroatoms. The lowest BCUT2D eigenvalue weighted by atomic mass is 10.1. The predicted molar refractivity (Wildman–Crippen MR) is 80.4 cm³/mol. The smallest absolute Gasteiger partial charge is 0.0351 e. The minimum Gasteiger partial charge on any atom is -0.0888 e. The summed E-state index contributed by atoms with van der Waals surface area (Å²) in [6.07, 6.45) is 24.1. The normalized spacial score (nSPS) is 11.9. The quantitative estimate of drug-likeness (QED) is 0.270. The first-order valence-electron chi connectivity index (χ1n) is 7.71. The molecule has 0 saturated heterocycles. The van der Waals surface area contributed by atoms with Crippen molar-refractivity contribution in [3.05, 3.63) is 24.3 Å². The van der Waals surface area contributed by atoms with Crippen molar-refractivity contribution in [3.8, 4) is 0 Å². The third kappa shape index (κ3) is 15.5. The van der Waals surface area contributed by atoms with Crippen LogP contribution in [0.2, 0.25) is 0 Å².